The molecule has 234 valence electrons. The van der Waals surface area contributed by atoms with Gasteiger partial charge in [0.25, 0.3) is 0 Å². The summed E-state index contributed by atoms with van der Waals surface area (Å²) in [5.41, 5.74) is 14.1. The monoisotopic (exact) mass is 669 g/mol. The Bertz CT molecular complexity index is 2520. The van der Waals surface area contributed by atoms with Crippen LogP contribution in [0.2, 0.25) is 0 Å². The number of hydrogen-bond donors (Lipinski definition) is 0. The van der Waals surface area contributed by atoms with Crippen LogP contribution in [0.5, 0.6) is 0 Å². The first-order valence-corrected chi connectivity index (χ1v) is 17.5. The maximum absolute atomic E-state index is 4.64. The molecule has 7 nitrogen and oxygen atoms in total. The number of nitrogens with zero attached hydrogens (tertiary/aromatic N) is 7. The van der Waals surface area contributed by atoms with Gasteiger partial charge in [0.1, 0.15) is 22.1 Å². The molecule has 9 aromatic rings. The average Bonchev–Trinajstić information content (AvgIpc) is 3.92. The van der Waals surface area contributed by atoms with Crippen LogP contribution in [0.3, 0.4) is 0 Å². The lowest BCUT2D eigenvalue weighted by atomic mass is 10.0. The predicted molar refractivity (Wildman–Crippen MR) is 204 cm³/mol. The van der Waals surface area contributed by atoms with Crippen LogP contribution < -0.4 is 0 Å². The highest BCUT2D eigenvalue weighted by Crippen LogP contribution is 2.34. The molecule has 49 heavy (non-hydrogen) atoms. The van der Waals surface area contributed by atoms with E-state index < -0.39 is 0 Å². The van der Waals surface area contributed by atoms with E-state index in [1.54, 1.807) is 12.4 Å². The number of hydrogen-bond acceptors (Lipinski definition) is 8. The maximum Gasteiger partial charge on any atom is 0.114 e. The summed E-state index contributed by atoms with van der Waals surface area (Å²) in [5.74, 6) is 0. The molecule has 5 aromatic heterocycles. The van der Waals surface area contributed by atoms with Crippen molar-refractivity contribution in [2.24, 2.45) is 0 Å². The highest BCUT2D eigenvalue weighted by Gasteiger charge is 2.14. The third-order valence-corrected chi connectivity index (χ3v) is 9.97. The molecule has 4 aromatic carbocycles. The second kappa shape index (κ2) is 12.3. The first kappa shape index (κ1) is 29.3. The standard InChI is InChI=1S/C40H27N7S2/c1-2-47-35-19-11-25(9-13-27-15-17-29(33-7-3-5-21-41-33)39-37(27)43-48-45-39)23-31(35)32-24-26(12-20-36(32)47)10-14-28-16-18-30(34-8-4-6-22-42-34)40-38(28)44-49-46-40/h3-24H,2H2,1H3/b13-9+,14-10+. The largest absolute Gasteiger partial charge is 0.341 e. The lowest BCUT2D eigenvalue weighted by molar-refractivity contribution is 0.827. The highest BCUT2D eigenvalue weighted by molar-refractivity contribution is 7.00. The molecule has 0 unspecified atom stereocenters. The highest BCUT2D eigenvalue weighted by atomic mass is 32.1. The van der Waals surface area contributed by atoms with Gasteiger partial charge in [-0.2, -0.15) is 17.5 Å². The lowest BCUT2D eigenvalue weighted by Crippen LogP contribution is -1.92. The molecule has 9 heteroatoms. The van der Waals surface area contributed by atoms with Crippen LogP contribution in [0.1, 0.15) is 29.2 Å². The normalized spacial score (nSPS) is 12.1. The first-order chi connectivity index (χ1) is 24.2. The van der Waals surface area contributed by atoms with Crippen LogP contribution in [-0.2, 0) is 6.54 Å². The van der Waals surface area contributed by atoms with Crippen LogP contribution in [-0.4, -0.2) is 32.0 Å². The zero-order chi connectivity index (χ0) is 32.7. The van der Waals surface area contributed by atoms with Crippen LogP contribution in [0.4, 0.5) is 0 Å². The third kappa shape index (κ3) is 5.20. The van der Waals surface area contributed by atoms with Crippen molar-refractivity contribution in [1.82, 2.24) is 32.0 Å². The molecule has 0 saturated heterocycles. The first-order valence-electron chi connectivity index (χ1n) is 16.0. The number of pyridine rings is 2. The van der Waals surface area contributed by atoms with Crippen LogP contribution in [0, 0.1) is 0 Å². The molecule has 0 fully saturated rings. The van der Waals surface area contributed by atoms with Gasteiger partial charge in [0.05, 0.1) is 34.8 Å². The molecule has 0 amide bonds. The summed E-state index contributed by atoms with van der Waals surface area (Å²) in [6, 6.07) is 33.6. The minimum absolute atomic E-state index is 0.879. The van der Waals surface area contributed by atoms with Crippen molar-refractivity contribution in [2.45, 2.75) is 13.5 Å². The van der Waals surface area contributed by atoms with Gasteiger partial charge >= 0.3 is 0 Å². The summed E-state index contributed by atoms with van der Waals surface area (Å²) < 4.78 is 20.9. The molecule has 5 heterocycles. The summed E-state index contributed by atoms with van der Waals surface area (Å²) in [6.07, 6.45) is 12.2. The van der Waals surface area contributed by atoms with Gasteiger partial charge in [0.15, 0.2) is 0 Å². The Morgan fingerprint density at radius 2 is 1.02 bits per heavy atom. The molecule has 0 bridgehead atoms. The summed E-state index contributed by atoms with van der Waals surface area (Å²) in [5, 5.41) is 2.46. The molecule has 0 spiro atoms. The van der Waals surface area contributed by atoms with Gasteiger partial charge in [-0.3, -0.25) is 9.97 Å². The van der Waals surface area contributed by atoms with Crippen molar-refractivity contribution in [3.8, 4) is 22.5 Å². The van der Waals surface area contributed by atoms with Crippen molar-refractivity contribution < 1.29 is 0 Å². The van der Waals surface area contributed by atoms with E-state index in [1.165, 1.54) is 45.3 Å². The second-order valence-electron chi connectivity index (χ2n) is 11.7. The molecule has 0 N–H and O–H groups in total. The van der Waals surface area contributed by atoms with E-state index in [0.717, 1.165) is 73.4 Å². The van der Waals surface area contributed by atoms with Crippen molar-refractivity contribution >= 4 is 91.6 Å². The quantitative estimate of drug-likeness (QED) is 0.157. The fraction of sp³-hybridized carbons (Fsp3) is 0.0500. The Hall–Kier alpha value is -5.90. The van der Waals surface area contributed by atoms with E-state index in [1.807, 2.05) is 36.4 Å². The molecule has 0 aliphatic heterocycles. The van der Waals surface area contributed by atoms with Crippen molar-refractivity contribution in [2.75, 3.05) is 0 Å². The summed E-state index contributed by atoms with van der Waals surface area (Å²) in [4.78, 5) is 9.05. The molecular weight excluding hydrogens is 643 g/mol. The zero-order valence-electron chi connectivity index (χ0n) is 26.4. The lowest BCUT2D eigenvalue weighted by Gasteiger charge is -2.04. The molecule has 9 rings (SSSR count). The number of benzene rings is 4. The number of aromatic nitrogens is 7. The van der Waals surface area contributed by atoms with Gasteiger partial charge in [-0.25, -0.2) is 0 Å². The summed E-state index contributed by atoms with van der Waals surface area (Å²) >= 11 is 2.46. The number of aryl methyl sites for hydroxylation is 1. The van der Waals surface area contributed by atoms with Crippen molar-refractivity contribution in [3.05, 3.63) is 132 Å². The average molecular weight is 670 g/mol. The summed E-state index contributed by atoms with van der Waals surface area (Å²) in [6.45, 7) is 3.09. The van der Waals surface area contributed by atoms with Crippen molar-refractivity contribution in [1.29, 1.82) is 0 Å². The van der Waals surface area contributed by atoms with Gasteiger partial charge in [0, 0.05) is 63.0 Å². The van der Waals surface area contributed by atoms with E-state index in [2.05, 4.69) is 124 Å². The minimum atomic E-state index is 0.879. The maximum atomic E-state index is 4.64. The molecule has 0 atom stereocenters. The van der Waals surface area contributed by atoms with E-state index in [-0.39, 0.29) is 0 Å². The Kier molecular flexibility index (Phi) is 7.33. The number of fused-ring (bicyclic) bond motifs is 5. The topological polar surface area (TPSA) is 82.3 Å². The fourth-order valence-corrected chi connectivity index (χ4v) is 7.72. The van der Waals surface area contributed by atoms with Crippen LogP contribution in [0.25, 0.3) is 90.7 Å². The SMILES string of the molecule is CCn1c2ccc(/C=C/c3ccc(-c4ccccn4)c4nsnc34)cc2c2cc(/C=C/c3ccc(-c4ccccn4)c4nsnc34)ccc21. The zero-order valence-corrected chi connectivity index (χ0v) is 28.0. The Labute approximate surface area is 290 Å². The van der Waals surface area contributed by atoms with Crippen LogP contribution >= 0.6 is 23.5 Å². The molecule has 0 aliphatic rings. The fourth-order valence-electron chi connectivity index (χ4n) is 6.56. The van der Waals surface area contributed by atoms with Gasteiger partial charge in [0.2, 0.25) is 0 Å². The summed E-state index contributed by atoms with van der Waals surface area (Å²) in [7, 11) is 0. The Balaban J connectivity index is 1.06. The molecular formula is C40H27N7S2. The van der Waals surface area contributed by atoms with E-state index >= 15 is 0 Å². The molecule has 0 radical (unpaired) electrons. The van der Waals surface area contributed by atoms with Gasteiger partial charge in [-0.15, -0.1) is 0 Å². The minimum Gasteiger partial charge on any atom is -0.341 e. The van der Waals surface area contributed by atoms with Crippen molar-refractivity contribution in [3.63, 3.8) is 0 Å². The third-order valence-electron chi connectivity index (χ3n) is 8.91. The Morgan fingerprint density at radius 1 is 0.531 bits per heavy atom. The molecule has 0 aliphatic carbocycles. The van der Waals surface area contributed by atoms with Gasteiger partial charge in [-0.05, 0) is 78.7 Å². The second-order valence-corrected chi connectivity index (χ2v) is 12.8. The molecule has 0 saturated carbocycles. The van der Waals surface area contributed by atoms with E-state index in [9.17, 15) is 0 Å². The smallest absolute Gasteiger partial charge is 0.114 e. The van der Waals surface area contributed by atoms with Gasteiger partial charge in [-0.1, -0.05) is 60.7 Å². The predicted octanol–water partition coefficient (Wildman–Crippen LogP) is 10.3. The Morgan fingerprint density at radius 3 is 1.47 bits per heavy atom. The van der Waals surface area contributed by atoms with E-state index in [0.29, 0.717) is 0 Å². The van der Waals surface area contributed by atoms with Crippen LogP contribution in [0.15, 0.2) is 109 Å². The number of rotatable bonds is 7. The van der Waals surface area contributed by atoms with E-state index in [4.69, 9.17) is 0 Å². The van der Waals surface area contributed by atoms with Gasteiger partial charge < -0.3 is 4.57 Å².